The van der Waals surface area contributed by atoms with Crippen LogP contribution in [0.1, 0.15) is 101 Å². The van der Waals surface area contributed by atoms with Gasteiger partial charge in [0.25, 0.3) is 0 Å². The summed E-state index contributed by atoms with van der Waals surface area (Å²) >= 11 is 0. The number of hydrogen-bond donors (Lipinski definition) is 2. The van der Waals surface area contributed by atoms with Gasteiger partial charge in [0, 0.05) is 0 Å². The second kappa shape index (κ2) is 9.28. The minimum absolute atomic E-state index is 0.214. The van der Waals surface area contributed by atoms with E-state index < -0.39 is 0 Å². The molecule has 156 valence electrons. The molecule has 0 radical (unpaired) electrons. The van der Waals surface area contributed by atoms with Gasteiger partial charge in [-0.25, -0.2) is 0 Å². The Balaban J connectivity index is 2.70. The monoisotopic (exact) mass is 394 g/mol. The zero-order valence-electron chi connectivity index (χ0n) is 18.9. The van der Waals surface area contributed by atoms with Crippen molar-refractivity contribution in [3.05, 3.63) is 46.5 Å². The van der Waals surface area contributed by atoms with Crippen molar-refractivity contribution in [1.29, 1.82) is 0 Å². The first kappa shape index (κ1) is 22.7. The first-order valence-electron chi connectivity index (χ1n) is 10.4. The first-order chi connectivity index (χ1) is 13.5. The molecule has 2 aromatic carbocycles. The summed E-state index contributed by atoms with van der Waals surface area (Å²) in [6, 6.07) is 10.0. The van der Waals surface area contributed by atoms with Crippen molar-refractivity contribution in [3.8, 4) is 11.5 Å². The molecule has 0 aliphatic heterocycles. The van der Waals surface area contributed by atoms with Crippen molar-refractivity contribution < 1.29 is 10.2 Å². The van der Waals surface area contributed by atoms with Crippen LogP contribution in [0.2, 0.25) is 0 Å². The minimum atomic E-state index is 0.214. The van der Waals surface area contributed by atoms with Crippen molar-refractivity contribution in [1.82, 2.24) is 0 Å². The maximum Gasteiger partial charge on any atom is 0.116 e. The van der Waals surface area contributed by atoms with Crippen LogP contribution in [-0.4, -0.2) is 16.2 Å². The summed E-state index contributed by atoms with van der Waals surface area (Å²) < 4.78 is 0. The molecule has 0 saturated heterocycles. The molecule has 0 unspecified atom stereocenters. The fraction of sp³-hybridized carbons (Fsp3) is 0.480. The van der Waals surface area contributed by atoms with Gasteiger partial charge in [-0.1, -0.05) is 55.4 Å². The van der Waals surface area contributed by atoms with Crippen LogP contribution in [0.5, 0.6) is 11.5 Å². The number of benzene rings is 2. The highest BCUT2D eigenvalue weighted by molar-refractivity contribution is 5.68. The fourth-order valence-electron chi connectivity index (χ4n) is 3.47. The summed E-state index contributed by atoms with van der Waals surface area (Å²) in [6.45, 7) is 16.7. The zero-order chi connectivity index (χ0) is 21.9. The Hall–Kier alpha value is -2.58. The summed E-state index contributed by atoms with van der Waals surface area (Å²) in [7, 11) is 0. The normalized spacial score (nSPS) is 11.4. The van der Waals surface area contributed by atoms with Crippen LogP contribution in [-0.2, 0) is 0 Å². The molecule has 0 spiro atoms. The second-order valence-corrected chi connectivity index (χ2v) is 8.89. The summed E-state index contributed by atoms with van der Waals surface area (Å²) in [4.78, 5) is 9.24. The number of rotatable bonds is 6. The highest BCUT2D eigenvalue weighted by Gasteiger charge is 2.17. The highest BCUT2D eigenvalue weighted by Crippen LogP contribution is 2.39. The van der Waals surface area contributed by atoms with Gasteiger partial charge in [-0.05, 0) is 70.2 Å². The molecular weight excluding hydrogens is 360 g/mol. The van der Waals surface area contributed by atoms with Crippen molar-refractivity contribution >= 4 is 17.4 Å². The Morgan fingerprint density at radius 2 is 0.793 bits per heavy atom. The molecule has 2 rings (SSSR count). The van der Waals surface area contributed by atoms with E-state index in [-0.39, 0.29) is 35.2 Å². The van der Waals surface area contributed by atoms with Crippen LogP contribution in [0.4, 0.5) is 11.4 Å². The topological polar surface area (TPSA) is 65.2 Å². The first-order valence-corrected chi connectivity index (χ1v) is 10.4. The Morgan fingerprint density at radius 3 is 1.00 bits per heavy atom. The van der Waals surface area contributed by atoms with Crippen molar-refractivity contribution in [3.63, 3.8) is 0 Å². The molecule has 0 aliphatic carbocycles. The van der Waals surface area contributed by atoms with Gasteiger partial charge >= 0.3 is 0 Å². The lowest BCUT2D eigenvalue weighted by Gasteiger charge is -2.17. The van der Waals surface area contributed by atoms with E-state index in [4.69, 9.17) is 0 Å². The van der Waals surface area contributed by atoms with Gasteiger partial charge < -0.3 is 10.2 Å². The summed E-state index contributed by atoms with van der Waals surface area (Å²) in [5.74, 6) is 1.38. The second-order valence-electron chi connectivity index (χ2n) is 8.89. The van der Waals surface area contributed by atoms with Gasteiger partial charge in [-0.2, -0.15) is 9.98 Å². The van der Waals surface area contributed by atoms with Gasteiger partial charge in [-0.15, -0.1) is 0 Å². The minimum Gasteiger partial charge on any atom is -0.508 e. The molecule has 2 aromatic rings. The van der Waals surface area contributed by atoms with Crippen LogP contribution >= 0.6 is 0 Å². The van der Waals surface area contributed by atoms with Crippen molar-refractivity contribution in [2.75, 3.05) is 0 Å². The average Bonchev–Trinajstić information content (AvgIpc) is 2.62. The number of aromatic hydroxyl groups is 2. The maximum atomic E-state index is 10.1. The van der Waals surface area contributed by atoms with E-state index >= 15 is 0 Å². The van der Waals surface area contributed by atoms with Crippen molar-refractivity contribution in [2.45, 2.75) is 79.1 Å². The lowest BCUT2D eigenvalue weighted by atomic mass is 9.92. The molecular formula is C25H34N2O2. The highest BCUT2D eigenvalue weighted by atomic mass is 16.3. The lowest BCUT2D eigenvalue weighted by molar-refractivity contribution is 0.472. The Kier molecular flexibility index (Phi) is 7.26. The lowest BCUT2D eigenvalue weighted by Crippen LogP contribution is -1.96. The molecule has 4 heteroatoms. The van der Waals surface area contributed by atoms with Crippen LogP contribution in [0, 0.1) is 0 Å². The largest absolute Gasteiger partial charge is 0.508 e. The van der Waals surface area contributed by atoms with Gasteiger partial charge in [0.15, 0.2) is 0 Å². The number of hydrogen-bond acceptors (Lipinski definition) is 4. The SMILES string of the molecule is CC(C)c1cc(O)cc(C(C)C)c1N=C=Nc1c(C(C)C)cc(O)cc1C(C)C. The van der Waals surface area contributed by atoms with E-state index in [1.54, 1.807) is 24.3 Å². The van der Waals surface area contributed by atoms with Crippen LogP contribution < -0.4 is 0 Å². The third kappa shape index (κ3) is 5.27. The predicted molar refractivity (Wildman–Crippen MR) is 122 cm³/mol. The van der Waals surface area contributed by atoms with Crippen LogP contribution in [0.3, 0.4) is 0 Å². The molecule has 0 aromatic heterocycles. The summed E-state index contributed by atoms with van der Waals surface area (Å²) in [6.07, 6.45) is 0. The number of phenolic OH excluding ortho intramolecular Hbond substituents is 2. The third-order valence-electron chi connectivity index (χ3n) is 5.12. The van der Waals surface area contributed by atoms with Crippen LogP contribution in [0.25, 0.3) is 0 Å². The smallest absolute Gasteiger partial charge is 0.116 e. The molecule has 0 fully saturated rings. The third-order valence-corrected chi connectivity index (χ3v) is 5.12. The molecule has 0 aliphatic rings. The summed E-state index contributed by atoms with van der Waals surface area (Å²) in [5.41, 5.74) is 5.58. The average molecular weight is 395 g/mol. The van der Waals surface area contributed by atoms with Crippen molar-refractivity contribution in [2.24, 2.45) is 9.98 Å². The summed E-state index contributed by atoms with van der Waals surface area (Å²) in [5, 5.41) is 20.3. The number of aliphatic imine (C=N–C) groups is 2. The molecule has 2 N–H and O–H groups in total. The fourth-order valence-corrected chi connectivity index (χ4v) is 3.47. The number of phenols is 2. The van der Waals surface area contributed by atoms with E-state index in [1.165, 1.54) is 0 Å². The van der Waals surface area contributed by atoms with E-state index in [0.29, 0.717) is 0 Å². The quantitative estimate of drug-likeness (QED) is 0.492. The van der Waals surface area contributed by atoms with E-state index in [1.807, 2.05) is 0 Å². The Labute approximate surface area is 175 Å². The molecule has 4 nitrogen and oxygen atoms in total. The van der Waals surface area contributed by atoms with E-state index in [9.17, 15) is 10.2 Å². The maximum absolute atomic E-state index is 10.1. The molecule has 29 heavy (non-hydrogen) atoms. The van der Waals surface area contributed by atoms with Gasteiger partial charge in [0.05, 0.1) is 11.4 Å². The Bertz CT molecular complexity index is 802. The Morgan fingerprint density at radius 1 is 0.552 bits per heavy atom. The molecule has 0 amide bonds. The predicted octanol–water partition coefficient (Wildman–Crippen LogP) is 7.73. The van der Waals surface area contributed by atoms with Gasteiger partial charge in [0.2, 0.25) is 0 Å². The number of nitrogens with zero attached hydrogens (tertiary/aromatic N) is 2. The molecule has 0 atom stereocenters. The van der Waals surface area contributed by atoms with Gasteiger partial charge in [-0.3, -0.25) is 0 Å². The van der Waals surface area contributed by atoms with Gasteiger partial charge in [0.1, 0.15) is 17.5 Å². The zero-order valence-corrected chi connectivity index (χ0v) is 18.9. The van der Waals surface area contributed by atoms with E-state index in [2.05, 4.69) is 71.4 Å². The van der Waals surface area contributed by atoms with E-state index in [0.717, 1.165) is 33.6 Å². The van der Waals surface area contributed by atoms with Crippen LogP contribution in [0.15, 0.2) is 34.3 Å². The molecule has 0 saturated carbocycles. The standard InChI is InChI=1S/C25H34N2O2/c1-14(2)20-9-18(28)10-21(15(3)4)24(20)26-13-27-25-22(16(5)6)11-19(29)12-23(25)17(7)8/h9-12,14-17,28-29H,1-8H3. The molecule has 0 bridgehead atoms. The molecule has 0 heterocycles.